The maximum atomic E-state index is 10.4. The van der Waals surface area contributed by atoms with Crippen molar-refractivity contribution in [2.24, 2.45) is 0 Å². The molecule has 0 saturated carbocycles. The Morgan fingerprint density at radius 3 is 2.79 bits per heavy atom. The second kappa shape index (κ2) is 2.99. The zero-order chi connectivity index (χ0) is 10.1. The van der Waals surface area contributed by atoms with E-state index >= 15 is 0 Å². The van der Waals surface area contributed by atoms with E-state index in [1.54, 1.807) is 13.0 Å². The van der Waals surface area contributed by atoms with Gasteiger partial charge in [-0.3, -0.25) is 0 Å². The van der Waals surface area contributed by atoms with Crippen LogP contribution in [0.5, 0.6) is 0 Å². The van der Waals surface area contributed by atoms with Crippen molar-refractivity contribution in [3.63, 3.8) is 0 Å². The number of rotatable bonds is 2. The van der Waals surface area contributed by atoms with Crippen LogP contribution in [0.1, 0.15) is 16.4 Å². The van der Waals surface area contributed by atoms with Gasteiger partial charge in [0.2, 0.25) is 0 Å². The van der Waals surface area contributed by atoms with Crippen LogP contribution in [0.3, 0.4) is 0 Å². The molecular formula is C8H6N2O4. The number of nitrogens with zero attached hydrogens (tertiary/aromatic N) is 2. The predicted octanol–water partition coefficient (Wildman–Crippen LogP) is 1.34. The lowest BCUT2D eigenvalue weighted by atomic mass is 10.3. The van der Waals surface area contributed by atoms with Crippen LogP contribution < -0.4 is 0 Å². The highest BCUT2D eigenvalue weighted by atomic mass is 16.4. The minimum Gasteiger partial charge on any atom is -0.474 e. The number of aryl methyl sites for hydroxylation is 1. The summed E-state index contributed by atoms with van der Waals surface area (Å²) in [5.74, 6) is -0.926. The van der Waals surface area contributed by atoms with Crippen LogP contribution in [0, 0.1) is 6.92 Å². The fraction of sp³-hybridized carbons (Fsp3) is 0.125. The Labute approximate surface area is 78.2 Å². The molecular weight excluding hydrogens is 188 g/mol. The zero-order valence-corrected chi connectivity index (χ0v) is 7.22. The number of aromatic nitrogens is 2. The monoisotopic (exact) mass is 194 g/mol. The van der Waals surface area contributed by atoms with E-state index < -0.39 is 11.9 Å². The summed E-state index contributed by atoms with van der Waals surface area (Å²) in [5, 5.41) is 15.5. The number of furan rings is 1. The lowest BCUT2D eigenvalue weighted by Gasteiger charge is -1.88. The molecule has 0 fully saturated rings. The molecule has 6 heteroatoms. The normalized spacial score (nSPS) is 10.4. The summed E-state index contributed by atoms with van der Waals surface area (Å²) in [7, 11) is 0. The molecule has 0 radical (unpaired) electrons. The third-order valence-electron chi connectivity index (χ3n) is 1.70. The molecule has 0 aromatic carbocycles. The Morgan fingerprint density at radius 1 is 1.50 bits per heavy atom. The molecule has 6 nitrogen and oxygen atoms in total. The smallest absolute Gasteiger partial charge is 0.393 e. The van der Waals surface area contributed by atoms with E-state index in [2.05, 4.69) is 10.2 Å². The Morgan fingerprint density at radius 2 is 2.29 bits per heavy atom. The maximum absolute atomic E-state index is 10.4. The van der Waals surface area contributed by atoms with E-state index in [1.807, 2.05) is 0 Å². The average molecular weight is 194 g/mol. The van der Waals surface area contributed by atoms with Gasteiger partial charge in [0.1, 0.15) is 5.76 Å². The quantitative estimate of drug-likeness (QED) is 0.775. The molecule has 0 aliphatic heterocycles. The highest BCUT2D eigenvalue weighted by Gasteiger charge is 2.16. The summed E-state index contributed by atoms with van der Waals surface area (Å²) in [5.41, 5.74) is 0.602. The van der Waals surface area contributed by atoms with Crippen molar-refractivity contribution >= 4 is 5.97 Å². The van der Waals surface area contributed by atoms with Crippen molar-refractivity contribution in [1.82, 2.24) is 10.2 Å². The lowest BCUT2D eigenvalue weighted by molar-refractivity contribution is 0.0654. The van der Waals surface area contributed by atoms with Gasteiger partial charge >= 0.3 is 11.9 Å². The molecule has 0 bridgehead atoms. The number of hydrogen-bond donors (Lipinski definition) is 1. The fourth-order valence-corrected chi connectivity index (χ4v) is 1.03. The van der Waals surface area contributed by atoms with Gasteiger partial charge in [0.05, 0.1) is 11.8 Å². The van der Waals surface area contributed by atoms with Crippen LogP contribution in [0.25, 0.3) is 11.5 Å². The van der Waals surface area contributed by atoms with E-state index in [0.717, 1.165) is 0 Å². The van der Waals surface area contributed by atoms with Crippen LogP contribution >= 0.6 is 0 Å². The summed E-state index contributed by atoms with van der Waals surface area (Å²) in [6, 6.07) is 1.63. The standard InChI is InChI=1S/C8H6N2O4/c1-4-5(2-3-13-4)6-9-10-7(14-6)8(11)12/h2-3H,1H3,(H,11,12). The first-order valence-electron chi connectivity index (χ1n) is 3.80. The average Bonchev–Trinajstić information content (AvgIpc) is 2.71. The largest absolute Gasteiger partial charge is 0.474 e. The number of hydrogen-bond acceptors (Lipinski definition) is 5. The third-order valence-corrected chi connectivity index (χ3v) is 1.70. The van der Waals surface area contributed by atoms with E-state index in [4.69, 9.17) is 13.9 Å². The van der Waals surface area contributed by atoms with Crippen molar-refractivity contribution in [2.45, 2.75) is 6.92 Å². The van der Waals surface area contributed by atoms with Gasteiger partial charge in [-0.05, 0) is 13.0 Å². The van der Waals surface area contributed by atoms with Gasteiger partial charge in [0, 0.05) is 0 Å². The summed E-state index contributed by atoms with van der Waals surface area (Å²) >= 11 is 0. The molecule has 0 spiro atoms. The zero-order valence-electron chi connectivity index (χ0n) is 7.22. The highest BCUT2D eigenvalue weighted by molar-refractivity contribution is 5.82. The van der Waals surface area contributed by atoms with Gasteiger partial charge in [-0.2, -0.15) is 0 Å². The molecule has 0 aliphatic carbocycles. The molecule has 0 saturated heterocycles. The van der Waals surface area contributed by atoms with Crippen LogP contribution in [-0.2, 0) is 0 Å². The summed E-state index contributed by atoms with van der Waals surface area (Å²) in [4.78, 5) is 10.4. The molecule has 0 aliphatic rings. The summed E-state index contributed by atoms with van der Waals surface area (Å²) in [6.45, 7) is 1.72. The number of carboxylic acid groups (broad SMARTS) is 1. The minimum atomic E-state index is -1.25. The molecule has 0 unspecified atom stereocenters. The van der Waals surface area contributed by atoms with E-state index in [1.165, 1.54) is 6.26 Å². The molecule has 2 aromatic rings. The Hall–Kier alpha value is -2.11. The van der Waals surface area contributed by atoms with Crippen LogP contribution in [0.15, 0.2) is 21.2 Å². The van der Waals surface area contributed by atoms with Crippen molar-refractivity contribution in [3.8, 4) is 11.5 Å². The Bertz CT molecular complexity index is 471. The third kappa shape index (κ3) is 1.26. The molecule has 2 rings (SSSR count). The van der Waals surface area contributed by atoms with E-state index in [9.17, 15) is 4.79 Å². The second-order valence-corrected chi connectivity index (χ2v) is 2.61. The van der Waals surface area contributed by atoms with E-state index in [-0.39, 0.29) is 5.89 Å². The van der Waals surface area contributed by atoms with Gasteiger partial charge in [0.25, 0.3) is 5.89 Å². The topological polar surface area (TPSA) is 89.4 Å². The molecule has 2 aromatic heterocycles. The summed E-state index contributed by atoms with van der Waals surface area (Å²) < 4.78 is 9.90. The first kappa shape index (κ1) is 8.49. The molecule has 14 heavy (non-hydrogen) atoms. The Balaban J connectivity index is 2.43. The van der Waals surface area contributed by atoms with E-state index in [0.29, 0.717) is 11.3 Å². The maximum Gasteiger partial charge on any atom is 0.393 e. The Kier molecular flexibility index (Phi) is 1.81. The van der Waals surface area contributed by atoms with Crippen LogP contribution in [0.2, 0.25) is 0 Å². The SMILES string of the molecule is Cc1occc1-c1nnc(C(=O)O)o1. The van der Waals surface area contributed by atoms with Crippen LogP contribution in [-0.4, -0.2) is 21.3 Å². The minimum absolute atomic E-state index is 0.147. The number of carbonyl (C=O) groups is 1. The molecule has 1 N–H and O–H groups in total. The van der Waals surface area contributed by atoms with Crippen LogP contribution in [0.4, 0.5) is 0 Å². The van der Waals surface area contributed by atoms with Gasteiger partial charge in [0.15, 0.2) is 0 Å². The highest BCUT2D eigenvalue weighted by Crippen LogP contribution is 2.22. The summed E-state index contributed by atoms with van der Waals surface area (Å²) in [6.07, 6.45) is 1.47. The molecule has 2 heterocycles. The molecule has 0 amide bonds. The lowest BCUT2D eigenvalue weighted by Crippen LogP contribution is -1.95. The van der Waals surface area contributed by atoms with Crippen molar-refractivity contribution in [2.75, 3.05) is 0 Å². The molecule has 0 atom stereocenters. The van der Waals surface area contributed by atoms with Crippen molar-refractivity contribution < 1.29 is 18.7 Å². The molecule has 72 valence electrons. The number of aromatic carboxylic acids is 1. The first-order valence-corrected chi connectivity index (χ1v) is 3.80. The van der Waals surface area contributed by atoms with Crippen molar-refractivity contribution in [3.05, 3.63) is 24.0 Å². The second-order valence-electron chi connectivity index (χ2n) is 2.61. The van der Waals surface area contributed by atoms with Gasteiger partial charge < -0.3 is 13.9 Å². The van der Waals surface area contributed by atoms with Gasteiger partial charge in [-0.1, -0.05) is 0 Å². The number of carboxylic acids is 1. The van der Waals surface area contributed by atoms with Gasteiger partial charge in [-0.25, -0.2) is 4.79 Å². The van der Waals surface area contributed by atoms with Crippen molar-refractivity contribution in [1.29, 1.82) is 0 Å². The fourth-order valence-electron chi connectivity index (χ4n) is 1.03. The van der Waals surface area contributed by atoms with Gasteiger partial charge in [-0.15, -0.1) is 10.2 Å². The first-order chi connectivity index (χ1) is 6.68. The predicted molar refractivity (Wildman–Crippen MR) is 43.7 cm³/mol.